The van der Waals surface area contributed by atoms with Gasteiger partial charge in [0, 0.05) is 18.5 Å². The third-order valence-electron chi connectivity index (χ3n) is 2.64. The van der Waals surface area contributed by atoms with Crippen molar-refractivity contribution in [3.63, 3.8) is 0 Å². The van der Waals surface area contributed by atoms with Crippen LogP contribution in [0.25, 0.3) is 11.0 Å². The number of furan rings is 1. The fourth-order valence-electron chi connectivity index (χ4n) is 1.72. The summed E-state index contributed by atoms with van der Waals surface area (Å²) < 4.78 is 10.5. The lowest BCUT2D eigenvalue weighted by Crippen LogP contribution is -2.24. The van der Waals surface area contributed by atoms with Gasteiger partial charge in [-0.2, -0.15) is 0 Å². The molecule has 0 aliphatic heterocycles. The number of hydrogen-bond acceptors (Lipinski definition) is 4. The smallest absolute Gasteiger partial charge is 0.287 e. The summed E-state index contributed by atoms with van der Waals surface area (Å²) in [4.78, 5) is 11.8. The van der Waals surface area contributed by atoms with E-state index in [1.54, 1.807) is 6.07 Å². The number of benzene rings is 1. The van der Waals surface area contributed by atoms with Crippen LogP contribution in [0, 0.1) is 0 Å². The highest BCUT2D eigenvalue weighted by molar-refractivity contribution is 5.95. The van der Waals surface area contributed by atoms with Gasteiger partial charge < -0.3 is 19.6 Å². The van der Waals surface area contributed by atoms with Crippen LogP contribution in [-0.2, 0) is 4.74 Å². The average Bonchev–Trinajstić information content (AvgIpc) is 2.86. The first kappa shape index (κ1) is 13.6. The van der Waals surface area contributed by atoms with Crippen LogP contribution >= 0.6 is 0 Å². The van der Waals surface area contributed by atoms with Crippen molar-refractivity contribution in [3.8, 4) is 0 Å². The molecule has 19 heavy (non-hydrogen) atoms. The van der Waals surface area contributed by atoms with E-state index in [1.165, 1.54) is 0 Å². The SMILES string of the molecule is O=C(NCCCOCCO)c1cc2ccccc2o1. The van der Waals surface area contributed by atoms with Crippen molar-refractivity contribution in [1.82, 2.24) is 5.32 Å². The second kappa shape index (κ2) is 6.92. The van der Waals surface area contributed by atoms with E-state index in [1.807, 2.05) is 24.3 Å². The minimum absolute atomic E-state index is 0.0192. The molecule has 5 nitrogen and oxygen atoms in total. The number of ether oxygens (including phenoxy) is 1. The zero-order chi connectivity index (χ0) is 13.5. The number of aliphatic hydroxyl groups is 1. The third kappa shape index (κ3) is 3.81. The molecule has 1 aromatic heterocycles. The minimum atomic E-state index is -0.224. The summed E-state index contributed by atoms with van der Waals surface area (Å²) in [6.07, 6.45) is 0.700. The topological polar surface area (TPSA) is 71.7 Å². The number of hydrogen-bond donors (Lipinski definition) is 2. The van der Waals surface area contributed by atoms with E-state index in [2.05, 4.69) is 5.32 Å². The number of carbonyl (C=O) groups excluding carboxylic acids is 1. The van der Waals surface area contributed by atoms with Crippen molar-refractivity contribution < 1.29 is 19.1 Å². The van der Waals surface area contributed by atoms with E-state index in [-0.39, 0.29) is 12.5 Å². The van der Waals surface area contributed by atoms with Crippen molar-refractivity contribution in [2.45, 2.75) is 6.42 Å². The molecule has 1 heterocycles. The normalized spacial score (nSPS) is 10.8. The number of nitrogens with one attached hydrogen (secondary N) is 1. The molecular formula is C14H17NO4. The van der Waals surface area contributed by atoms with Gasteiger partial charge in [0.2, 0.25) is 0 Å². The summed E-state index contributed by atoms with van der Waals surface area (Å²) in [7, 11) is 0. The summed E-state index contributed by atoms with van der Waals surface area (Å²) in [5.41, 5.74) is 0.707. The second-order valence-corrected chi connectivity index (χ2v) is 4.09. The molecule has 0 saturated heterocycles. The fraction of sp³-hybridized carbons (Fsp3) is 0.357. The van der Waals surface area contributed by atoms with Crippen LogP contribution in [0.3, 0.4) is 0 Å². The number of amides is 1. The summed E-state index contributed by atoms with van der Waals surface area (Å²) in [5.74, 6) is 0.0934. The Morgan fingerprint density at radius 3 is 2.95 bits per heavy atom. The van der Waals surface area contributed by atoms with Crippen LogP contribution in [0.5, 0.6) is 0 Å². The van der Waals surface area contributed by atoms with E-state index in [4.69, 9.17) is 14.3 Å². The highest BCUT2D eigenvalue weighted by atomic mass is 16.5. The van der Waals surface area contributed by atoms with Gasteiger partial charge in [-0.1, -0.05) is 18.2 Å². The highest BCUT2D eigenvalue weighted by Gasteiger charge is 2.10. The monoisotopic (exact) mass is 263 g/mol. The van der Waals surface area contributed by atoms with Crippen LogP contribution < -0.4 is 5.32 Å². The predicted molar refractivity (Wildman–Crippen MR) is 71.1 cm³/mol. The zero-order valence-electron chi connectivity index (χ0n) is 10.6. The lowest BCUT2D eigenvalue weighted by Gasteiger charge is -2.03. The summed E-state index contributed by atoms with van der Waals surface area (Å²) >= 11 is 0. The molecule has 0 spiro atoms. The van der Waals surface area contributed by atoms with Crippen LogP contribution in [0.4, 0.5) is 0 Å². The molecule has 2 N–H and O–H groups in total. The Morgan fingerprint density at radius 1 is 1.32 bits per heavy atom. The second-order valence-electron chi connectivity index (χ2n) is 4.09. The lowest BCUT2D eigenvalue weighted by molar-refractivity contribution is 0.0857. The minimum Gasteiger partial charge on any atom is -0.451 e. The molecule has 102 valence electrons. The Morgan fingerprint density at radius 2 is 2.16 bits per heavy atom. The molecule has 0 bridgehead atoms. The van der Waals surface area contributed by atoms with Crippen LogP contribution in [0.2, 0.25) is 0 Å². The van der Waals surface area contributed by atoms with Crippen molar-refractivity contribution >= 4 is 16.9 Å². The van der Waals surface area contributed by atoms with Crippen LogP contribution in [0.1, 0.15) is 17.0 Å². The maximum absolute atomic E-state index is 11.8. The average molecular weight is 263 g/mol. The Balaban J connectivity index is 1.79. The van der Waals surface area contributed by atoms with Gasteiger partial charge >= 0.3 is 0 Å². The number of para-hydroxylation sites is 1. The molecule has 0 atom stereocenters. The van der Waals surface area contributed by atoms with Gasteiger partial charge in [-0.05, 0) is 18.6 Å². The Kier molecular flexibility index (Phi) is 4.94. The highest BCUT2D eigenvalue weighted by Crippen LogP contribution is 2.18. The molecule has 0 unspecified atom stereocenters. The standard InChI is InChI=1S/C14H17NO4/c16-7-9-18-8-3-6-15-14(17)13-10-11-4-1-2-5-12(11)19-13/h1-2,4-5,10,16H,3,6-9H2,(H,15,17). The number of rotatable bonds is 7. The first-order chi connectivity index (χ1) is 9.31. The van der Waals surface area contributed by atoms with Crippen molar-refractivity contribution in [3.05, 3.63) is 36.1 Å². The summed E-state index contributed by atoms with van der Waals surface area (Å²) in [6, 6.07) is 9.23. The molecule has 0 radical (unpaired) electrons. The predicted octanol–water partition coefficient (Wildman–Crippen LogP) is 1.56. The first-order valence-corrected chi connectivity index (χ1v) is 6.26. The summed E-state index contributed by atoms with van der Waals surface area (Å²) in [6.45, 7) is 1.38. The largest absolute Gasteiger partial charge is 0.451 e. The molecule has 0 aliphatic carbocycles. The number of carbonyl (C=O) groups is 1. The van der Waals surface area contributed by atoms with Crippen LogP contribution in [-0.4, -0.2) is 37.4 Å². The van der Waals surface area contributed by atoms with E-state index in [9.17, 15) is 4.79 Å². The van der Waals surface area contributed by atoms with Gasteiger partial charge in [-0.3, -0.25) is 4.79 Å². The van der Waals surface area contributed by atoms with Crippen molar-refractivity contribution in [1.29, 1.82) is 0 Å². The van der Waals surface area contributed by atoms with E-state index >= 15 is 0 Å². The quantitative estimate of drug-likeness (QED) is 0.744. The van der Waals surface area contributed by atoms with Crippen molar-refractivity contribution in [2.24, 2.45) is 0 Å². The molecule has 0 aliphatic rings. The molecule has 5 heteroatoms. The Bertz CT molecular complexity index is 502. The van der Waals surface area contributed by atoms with Gasteiger partial charge in [0.1, 0.15) is 5.58 Å². The Hall–Kier alpha value is -1.85. The van der Waals surface area contributed by atoms with E-state index in [0.29, 0.717) is 37.5 Å². The molecule has 2 aromatic rings. The van der Waals surface area contributed by atoms with Gasteiger partial charge in [-0.15, -0.1) is 0 Å². The maximum Gasteiger partial charge on any atom is 0.287 e. The molecule has 0 fully saturated rings. The van der Waals surface area contributed by atoms with Gasteiger partial charge in [0.15, 0.2) is 5.76 Å². The number of aliphatic hydroxyl groups excluding tert-OH is 1. The molecular weight excluding hydrogens is 246 g/mol. The molecule has 0 saturated carbocycles. The first-order valence-electron chi connectivity index (χ1n) is 6.26. The zero-order valence-corrected chi connectivity index (χ0v) is 10.6. The van der Waals surface area contributed by atoms with E-state index < -0.39 is 0 Å². The lowest BCUT2D eigenvalue weighted by atomic mass is 10.2. The Labute approximate surface area is 111 Å². The van der Waals surface area contributed by atoms with Gasteiger partial charge in [0.25, 0.3) is 5.91 Å². The van der Waals surface area contributed by atoms with Gasteiger partial charge in [0.05, 0.1) is 13.2 Å². The maximum atomic E-state index is 11.8. The van der Waals surface area contributed by atoms with E-state index in [0.717, 1.165) is 5.39 Å². The number of fused-ring (bicyclic) bond motifs is 1. The van der Waals surface area contributed by atoms with Crippen molar-refractivity contribution in [2.75, 3.05) is 26.4 Å². The van der Waals surface area contributed by atoms with Gasteiger partial charge in [-0.25, -0.2) is 0 Å². The fourth-order valence-corrected chi connectivity index (χ4v) is 1.72. The third-order valence-corrected chi connectivity index (χ3v) is 2.64. The molecule has 1 aromatic carbocycles. The molecule has 2 rings (SSSR count). The molecule has 1 amide bonds. The summed E-state index contributed by atoms with van der Waals surface area (Å²) in [5, 5.41) is 12.2. The van der Waals surface area contributed by atoms with Crippen LogP contribution in [0.15, 0.2) is 34.7 Å².